The summed E-state index contributed by atoms with van der Waals surface area (Å²) in [6.07, 6.45) is 2.30. The highest BCUT2D eigenvalue weighted by Gasteiger charge is 2.03. The second-order valence-electron chi connectivity index (χ2n) is 3.97. The summed E-state index contributed by atoms with van der Waals surface area (Å²) in [5.74, 6) is 0.517. The molecule has 0 saturated carbocycles. The number of benzene rings is 1. The molecule has 0 spiro atoms. The van der Waals surface area contributed by atoms with Crippen molar-refractivity contribution in [1.82, 2.24) is 9.78 Å². The first-order valence-electron chi connectivity index (χ1n) is 5.72. The summed E-state index contributed by atoms with van der Waals surface area (Å²) in [5.41, 5.74) is 2.65. The van der Waals surface area contributed by atoms with Gasteiger partial charge in [0, 0.05) is 18.3 Å². The highest BCUT2D eigenvalue weighted by molar-refractivity contribution is 7.80. The van der Waals surface area contributed by atoms with Crippen molar-refractivity contribution in [3.63, 3.8) is 0 Å². The molecule has 0 aliphatic carbocycles. The molecule has 2 rings (SSSR count). The molecular formula is C13H15N3OS. The lowest BCUT2D eigenvalue weighted by Crippen LogP contribution is -2.11. The molecule has 0 aliphatic heterocycles. The van der Waals surface area contributed by atoms with Crippen LogP contribution in [0.3, 0.4) is 0 Å². The summed E-state index contributed by atoms with van der Waals surface area (Å²) < 4.78 is 1.78. The Bertz CT molecular complexity index is 551. The van der Waals surface area contributed by atoms with Crippen LogP contribution in [0, 0.1) is 6.92 Å². The minimum atomic E-state index is -0.0289. The molecule has 0 unspecified atom stereocenters. The second-order valence-corrected chi connectivity index (χ2v) is 4.42. The summed E-state index contributed by atoms with van der Waals surface area (Å²) in [4.78, 5) is 11.5. The molecule has 0 saturated heterocycles. The Labute approximate surface area is 111 Å². The van der Waals surface area contributed by atoms with Crippen molar-refractivity contribution in [3.05, 3.63) is 42.2 Å². The zero-order valence-electron chi connectivity index (χ0n) is 10.1. The molecule has 0 aliphatic rings. The largest absolute Gasteiger partial charge is 0.326 e. The fraction of sp³-hybridized carbons (Fsp3) is 0.231. The number of nitrogens with zero attached hydrogens (tertiary/aromatic N) is 2. The highest BCUT2D eigenvalue weighted by atomic mass is 32.1. The maximum Gasteiger partial charge on any atom is 0.225 e. The summed E-state index contributed by atoms with van der Waals surface area (Å²) in [6, 6.07) is 9.52. The average molecular weight is 261 g/mol. The van der Waals surface area contributed by atoms with Gasteiger partial charge in [0.05, 0.1) is 11.4 Å². The molecule has 18 heavy (non-hydrogen) atoms. The van der Waals surface area contributed by atoms with Gasteiger partial charge in [0.15, 0.2) is 0 Å². The van der Waals surface area contributed by atoms with Crippen molar-refractivity contribution in [2.45, 2.75) is 13.3 Å². The smallest absolute Gasteiger partial charge is 0.225 e. The Balaban J connectivity index is 2.17. The van der Waals surface area contributed by atoms with Crippen LogP contribution in [0.4, 0.5) is 5.69 Å². The lowest BCUT2D eigenvalue weighted by atomic mass is 10.2. The van der Waals surface area contributed by atoms with Gasteiger partial charge in [-0.3, -0.25) is 4.79 Å². The molecule has 94 valence electrons. The molecule has 4 nitrogen and oxygen atoms in total. The number of rotatable bonds is 4. The molecule has 1 aromatic carbocycles. The Morgan fingerprint density at radius 2 is 2.28 bits per heavy atom. The van der Waals surface area contributed by atoms with Gasteiger partial charge in [0.25, 0.3) is 0 Å². The molecule has 0 fully saturated rings. The van der Waals surface area contributed by atoms with Crippen LogP contribution >= 0.6 is 12.6 Å². The lowest BCUT2D eigenvalue weighted by molar-refractivity contribution is -0.115. The summed E-state index contributed by atoms with van der Waals surface area (Å²) >= 11 is 4.03. The van der Waals surface area contributed by atoms with Crippen LogP contribution in [0.25, 0.3) is 5.69 Å². The van der Waals surface area contributed by atoms with Gasteiger partial charge in [0.2, 0.25) is 5.91 Å². The monoisotopic (exact) mass is 261 g/mol. The van der Waals surface area contributed by atoms with E-state index in [9.17, 15) is 4.79 Å². The van der Waals surface area contributed by atoms with Crippen LogP contribution < -0.4 is 5.32 Å². The number of aryl methyl sites for hydroxylation is 1. The molecule has 2 aromatic rings. The van der Waals surface area contributed by atoms with E-state index in [0.29, 0.717) is 12.2 Å². The molecule has 1 heterocycles. The van der Waals surface area contributed by atoms with E-state index in [0.717, 1.165) is 17.1 Å². The fourth-order valence-electron chi connectivity index (χ4n) is 1.61. The standard InChI is InChI=1S/C13H15N3OS/c1-10-5-7-16(15-10)12-4-2-3-11(9-12)14-13(17)6-8-18/h2-5,7,9,18H,6,8H2,1H3,(H,14,17). The van der Waals surface area contributed by atoms with Gasteiger partial charge < -0.3 is 5.32 Å². The predicted molar refractivity (Wildman–Crippen MR) is 75.4 cm³/mol. The maximum atomic E-state index is 11.5. The van der Waals surface area contributed by atoms with Crippen LogP contribution in [0.15, 0.2) is 36.5 Å². The van der Waals surface area contributed by atoms with Crippen molar-refractivity contribution in [3.8, 4) is 5.69 Å². The van der Waals surface area contributed by atoms with Crippen molar-refractivity contribution in [2.75, 3.05) is 11.1 Å². The number of carbonyl (C=O) groups is 1. The van der Waals surface area contributed by atoms with E-state index >= 15 is 0 Å². The van der Waals surface area contributed by atoms with Crippen LogP contribution in [0.1, 0.15) is 12.1 Å². The quantitative estimate of drug-likeness (QED) is 0.830. The molecule has 5 heteroatoms. The van der Waals surface area contributed by atoms with E-state index in [2.05, 4.69) is 23.0 Å². The van der Waals surface area contributed by atoms with Gasteiger partial charge in [-0.05, 0) is 36.9 Å². The molecule has 0 atom stereocenters. The number of amides is 1. The van der Waals surface area contributed by atoms with Gasteiger partial charge >= 0.3 is 0 Å². The Morgan fingerprint density at radius 3 is 2.94 bits per heavy atom. The van der Waals surface area contributed by atoms with Gasteiger partial charge in [-0.1, -0.05) is 6.07 Å². The minimum Gasteiger partial charge on any atom is -0.326 e. The number of thiol groups is 1. The molecule has 1 N–H and O–H groups in total. The fourth-order valence-corrected chi connectivity index (χ4v) is 1.81. The van der Waals surface area contributed by atoms with E-state index < -0.39 is 0 Å². The summed E-state index contributed by atoms with van der Waals surface area (Å²) in [5, 5.41) is 7.16. The third-order valence-corrected chi connectivity index (χ3v) is 2.68. The SMILES string of the molecule is Cc1ccn(-c2cccc(NC(=O)CCS)c2)n1. The number of anilines is 1. The first-order chi connectivity index (χ1) is 8.69. The molecule has 1 aromatic heterocycles. The zero-order valence-corrected chi connectivity index (χ0v) is 11.0. The number of carbonyl (C=O) groups excluding carboxylic acids is 1. The molecule has 1 amide bonds. The topological polar surface area (TPSA) is 46.9 Å². The Hall–Kier alpha value is -1.75. The second kappa shape index (κ2) is 5.73. The van der Waals surface area contributed by atoms with E-state index in [-0.39, 0.29) is 5.91 Å². The number of hydrogen-bond acceptors (Lipinski definition) is 3. The predicted octanol–water partition coefficient (Wildman–Crippen LogP) is 2.44. The number of nitrogens with one attached hydrogen (secondary N) is 1. The third-order valence-electron chi connectivity index (χ3n) is 2.46. The third kappa shape index (κ3) is 3.13. The molecule has 0 radical (unpaired) electrons. The van der Waals surface area contributed by atoms with Crippen molar-refractivity contribution in [1.29, 1.82) is 0 Å². The number of hydrogen-bond donors (Lipinski definition) is 2. The highest BCUT2D eigenvalue weighted by Crippen LogP contribution is 2.14. The Morgan fingerprint density at radius 1 is 1.44 bits per heavy atom. The van der Waals surface area contributed by atoms with Gasteiger partial charge in [-0.2, -0.15) is 17.7 Å². The molecular weight excluding hydrogens is 246 g/mol. The Kier molecular flexibility index (Phi) is 4.04. The molecule has 0 bridgehead atoms. The lowest BCUT2D eigenvalue weighted by Gasteiger charge is -2.07. The summed E-state index contributed by atoms with van der Waals surface area (Å²) in [6.45, 7) is 1.94. The van der Waals surface area contributed by atoms with Crippen LogP contribution in [-0.4, -0.2) is 21.4 Å². The summed E-state index contributed by atoms with van der Waals surface area (Å²) in [7, 11) is 0. The van der Waals surface area contributed by atoms with Gasteiger partial charge in [-0.15, -0.1) is 0 Å². The van der Waals surface area contributed by atoms with E-state index in [1.54, 1.807) is 4.68 Å². The van der Waals surface area contributed by atoms with Crippen LogP contribution in [0.2, 0.25) is 0 Å². The van der Waals surface area contributed by atoms with Crippen LogP contribution in [-0.2, 0) is 4.79 Å². The van der Waals surface area contributed by atoms with E-state index in [1.807, 2.05) is 43.5 Å². The van der Waals surface area contributed by atoms with Gasteiger partial charge in [-0.25, -0.2) is 4.68 Å². The van der Waals surface area contributed by atoms with Crippen molar-refractivity contribution >= 4 is 24.2 Å². The normalized spacial score (nSPS) is 10.3. The number of aromatic nitrogens is 2. The first kappa shape index (κ1) is 12.7. The van der Waals surface area contributed by atoms with Crippen molar-refractivity contribution < 1.29 is 4.79 Å². The van der Waals surface area contributed by atoms with E-state index in [4.69, 9.17) is 0 Å². The average Bonchev–Trinajstić information content (AvgIpc) is 2.76. The van der Waals surface area contributed by atoms with Crippen molar-refractivity contribution in [2.24, 2.45) is 0 Å². The van der Waals surface area contributed by atoms with E-state index in [1.165, 1.54) is 0 Å². The zero-order chi connectivity index (χ0) is 13.0. The maximum absolute atomic E-state index is 11.5. The van der Waals surface area contributed by atoms with Gasteiger partial charge in [0.1, 0.15) is 0 Å². The van der Waals surface area contributed by atoms with Crippen LogP contribution in [0.5, 0.6) is 0 Å². The minimum absolute atomic E-state index is 0.0289. The first-order valence-corrected chi connectivity index (χ1v) is 6.36.